The third-order valence-corrected chi connectivity index (χ3v) is 3.80. The normalized spacial score (nSPS) is 10.8. The predicted molar refractivity (Wildman–Crippen MR) is 72.1 cm³/mol. The molecule has 110 valence electrons. The molecule has 0 saturated heterocycles. The van der Waals surface area contributed by atoms with Crippen molar-refractivity contribution >= 4 is 27.6 Å². The number of esters is 1. The van der Waals surface area contributed by atoms with Gasteiger partial charge in [0.25, 0.3) is 0 Å². The first kappa shape index (κ1) is 16.0. The van der Waals surface area contributed by atoms with Crippen LogP contribution >= 0.6 is 0 Å². The lowest BCUT2D eigenvalue weighted by atomic mass is 10.2. The highest BCUT2D eigenvalue weighted by atomic mass is 32.2. The molecular weight excluding hydrogens is 286 g/mol. The summed E-state index contributed by atoms with van der Waals surface area (Å²) in [4.78, 5) is 21.5. The number of methoxy groups -OCH3 is 1. The van der Waals surface area contributed by atoms with Crippen molar-refractivity contribution in [1.29, 1.82) is 0 Å². The van der Waals surface area contributed by atoms with Gasteiger partial charge in [0, 0.05) is 12.1 Å². The Bertz CT molecular complexity index is 578. The molecule has 1 aromatic rings. The minimum Gasteiger partial charge on any atom is -0.478 e. The molecule has 0 heterocycles. The number of anilines is 1. The first-order chi connectivity index (χ1) is 9.34. The van der Waals surface area contributed by atoms with E-state index in [2.05, 4.69) is 9.46 Å². The lowest BCUT2D eigenvalue weighted by Gasteiger charge is -2.07. The van der Waals surface area contributed by atoms with Gasteiger partial charge in [0.1, 0.15) is 0 Å². The quantitative estimate of drug-likeness (QED) is 0.729. The van der Waals surface area contributed by atoms with Crippen LogP contribution in [0.1, 0.15) is 23.2 Å². The number of benzene rings is 1. The van der Waals surface area contributed by atoms with Gasteiger partial charge in [-0.15, -0.1) is 0 Å². The van der Waals surface area contributed by atoms with E-state index < -0.39 is 22.0 Å². The molecule has 0 bridgehead atoms. The Morgan fingerprint density at radius 1 is 1.25 bits per heavy atom. The van der Waals surface area contributed by atoms with Gasteiger partial charge in [-0.3, -0.25) is 9.52 Å². The van der Waals surface area contributed by atoms with Gasteiger partial charge in [-0.05, 0) is 30.7 Å². The molecule has 0 aliphatic heterocycles. The Morgan fingerprint density at radius 3 is 2.35 bits per heavy atom. The minimum atomic E-state index is -3.58. The van der Waals surface area contributed by atoms with E-state index in [-0.39, 0.29) is 29.8 Å². The number of sulfonamides is 1. The maximum absolute atomic E-state index is 11.7. The molecule has 2 N–H and O–H groups in total. The van der Waals surface area contributed by atoms with Crippen molar-refractivity contribution in [2.45, 2.75) is 12.8 Å². The zero-order chi connectivity index (χ0) is 15.2. The second-order valence-corrected chi connectivity index (χ2v) is 5.82. The standard InChI is InChI=1S/C12H15NO6S/c1-19-11(14)3-2-8-20(17,18)13-10-6-4-9(5-7-10)12(15)16/h4-7,13H,2-3,8H2,1H3,(H,15,16). The summed E-state index contributed by atoms with van der Waals surface area (Å²) in [6, 6.07) is 5.33. The van der Waals surface area contributed by atoms with Crippen LogP contribution in [0.25, 0.3) is 0 Å². The molecule has 1 rings (SSSR count). The summed E-state index contributed by atoms with van der Waals surface area (Å²) in [5, 5.41) is 8.72. The van der Waals surface area contributed by atoms with Gasteiger partial charge in [-0.1, -0.05) is 0 Å². The SMILES string of the molecule is COC(=O)CCCS(=O)(=O)Nc1ccc(C(=O)O)cc1. The highest BCUT2D eigenvalue weighted by molar-refractivity contribution is 7.92. The Morgan fingerprint density at radius 2 is 1.85 bits per heavy atom. The number of hydrogen-bond acceptors (Lipinski definition) is 5. The minimum absolute atomic E-state index is 0.0232. The number of nitrogens with one attached hydrogen (secondary N) is 1. The van der Waals surface area contributed by atoms with Crippen molar-refractivity contribution in [2.75, 3.05) is 17.6 Å². The molecule has 8 heteroatoms. The average Bonchev–Trinajstić information content (AvgIpc) is 2.38. The van der Waals surface area contributed by atoms with Crippen LogP contribution in [0.15, 0.2) is 24.3 Å². The number of carboxylic acid groups (broad SMARTS) is 1. The third-order valence-electron chi connectivity index (χ3n) is 2.43. The van der Waals surface area contributed by atoms with Crippen molar-refractivity contribution in [3.63, 3.8) is 0 Å². The molecule has 0 aliphatic carbocycles. The van der Waals surface area contributed by atoms with E-state index in [4.69, 9.17) is 5.11 Å². The molecule has 0 aliphatic rings. The van der Waals surface area contributed by atoms with Gasteiger partial charge in [-0.25, -0.2) is 13.2 Å². The first-order valence-corrected chi connectivity index (χ1v) is 7.40. The predicted octanol–water partition coefficient (Wildman–Crippen LogP) is 1.08. The fraction of sp³-hybridized carbons (Fsp3) is 0.333. The molecule has 1 aromatic carbocycles. The van der Waals surface area contributed by atoms with Crippen molar-refractivity contribution < 1.29 is 27.9 Å². The van der Waals surface area contributed by atoms with Crippen LogP contribution in [-0.4, -0.2) is 38.3 Å². The number of hydrogen-bond donors (Lipinski definition) is 2. The largest absolute Gasteiger partial charge is 0.478 e. The van der Waals surface area contributed by atoms with Crippen molar-refractivity contribution in [2.24, 2.45) is 0 Å². The van der Waals surface area contributed by atoms with Gasteiger partial charge >= 0.3 is 11.9 Å². The number of rotatable bonds is 7. The lowest BCUT2D eigenvalue weighted by Crippen LogP contribution is -2.17. The molecule has 0 spiro atoms. The molecule has 0 amide bonds. The molecular formula is C12H15NO6S. The van der Waals surface area contributed by atoms with Crippen LogP contribution in [0, 0.1) is 0 Å². The fourth-order valence-corrected chi connectivity index (χ4v) is 2.54. The molecule has 0 aromatic heterocycles. The average molecular weight is 301 g/mol. The third kappa shape index (κ3) is 5.27. The summed E-state index contributed by atoms with van der Waals surface area (Å²) >= 11 is 0. The second kappa shape index (κ2) is 6.90. The highest BCUT2D eigenvalue weighted by Gasteiger charge is 2.12. The topological polar surface area (TPSA) is 110 Å². The van der Waals surface area contributed by atoms with Crippen molar-refractivity contribution in [3.8, 4) is 0 Å². The van der Waals surface area contributed by atoms with Crippen LogP contribution in [0.3, 0.4) is 0 Å². The van der Waals surface area contributed by atoms with E-state index in [1.54, 1.807) is 0 Å². The van der Waals surface area contributed by atoms with E-state index in [1.807, 2.05) is 0 Å². The zero-order valence-electron chi connectivity index (χ0n) is 10.8. The Balaban J connectivity index is 2.57. The number of carbonyl (C=O) groups is 2. The maximum atomic E-state index is 11.7. The van der Waals surface area contributed by atoms with Crippen LogP contribution in [-0.2, 0) is 19.6 Å². The molecule has 0 unspecified atom stereocenters. The van der Waals surface area contributed by atoms with Gasteiger partial charge in [0.15, 0.2) is 0 Å². The van der Waals surface area contributed by atoms with Gasteiger partial charge in [-0.2, -0.15) is 0 Å². The zero-order valence-corrected chi connectivity index (χ0v) is 11.6. The summed E-state index contributed by atoms with van der Waals surface area (Å²) in [7, 11) is -2.34. The molecule has 7 nitrogen and oxygen atoms in total. The maximum Gasteiger partial charge on any atom is 0.335 e. The second-order valence-electron chi connectivity index (χ2n) is 3.98. The van der Waals surface area contributed by atoms with Crippen LogP contribution in [0.2, 0.25) is 0 Å². The van der Waals surface area contributed by atoms with Gasteiger partial charge < -0.3 is 9.84 Å². The summed E-state index contributed by atoms with van der Waals surface area (Å²) in [6.45, 7) is 0. The molecule has 0 radical (unpaired) electrons. The summed E-state index contributed by atoms with van der Waals surface area (Å²) in [5.74, 6) is -1.77. The lowest BCUT2D eigenvalue weighted by molar-refractivity contribution is -0.140. The summed E-state index contributed by atoms with van der Waals surface area (Å²) in [5.41, 5.74) is 0.340. The van der Waals surface area contributed by atoms with Gasteiger partial charge in [0.05, 0.1) is 18.4 Å². The van der Waals surface area contributed by atoms with E-state index >= 15 is 0 Å². The van der Waals surface area contributed by atoms with Gasteiger partial charge in [0.2, 0.25) is 10.0 Å². The highest BCUT2D eigenvalue weighted by Crippen LogP contribution is 2.12. The number of aromatic carboxylic acids is 1. The molecule has 20 heavy (non-hydrogen) atoms. The summed E-state index contributed by atoms with van der Waals surface area (Å²) in [6.07, 6.45) is 0.171. The number of carboxylic acids is 1. The van der Waals surface area contributed by atoms with Crippen LogP contribution < -0.4 is 4.72 Å². The smallest absolute Gasteiger partial charge is 0.335 e. The van der Waals surface area contributed by atoms with E-state index in [1.165, 1.54) is 31.4 Å². The molecule has 0 fully saturated rings. The first-order valence-electron chi connectivity index (χ1n) is 5.75. The molecule has 0 saturated carbocycles. The summed E-state index contributed by atoms with van der Waals surface area (Å²) < 4.78 is 30.1. The van der Waals surface area contributed by atoms with E-state index in [9.17, 15) is 18.0 Å². The Kier molecular flexibility index (Phi) is 5.51. The van der Waals surface area contributed by atoms with E-state index in [0.717, 1.165) is 0 Å². The van der Waals surface area contributed by atoms with Crippen LogP contribution in [0.4, 0.5) is 5.69 Å². The number of carbonyl (C=O) groups excluding carboxylic acids is 1. The molecule has 0 atom stereocenters. The van der Waals surface area contributed by atoms with Crippen molar-refractivity contribution in [3.05, 3.63) is 29.8 Å². The van der Waals surface area contributed by atoms with Crippen molar-refractivity contribution in [1.82, 2.24) is 0 Å². The monoisotopic (exact) mass is 301 g/mol. The fourth-order valence-electron chi connectivity index (χ4n) is 1.42. The number of ether oxygens (including phenoxy) is 1. The Hall–Kier alpha value is -2.09. The van der Waals surface area contributed by atoms with Crippen LogP contribution in [0.5, 0.6) is 0 Å². The van der Waals surface area contributed by atoms with E-state index in [0.29, 0.717) is 0 Å². The Labute approximate surface area is 116 Å².